The van der Waals surface area contributed by atoms with Crippen molar-refractivity contribution in [2.24, 2.45) is 0 Å². The summed E-state index contributed by atoms with van der Waals surface area (Å²) in [5, 5.41) is 6.38. The molecule has 4 aromatic rings. The number of hydrogen-bond donors (Lipinski definition) is 1. The molecule has 0 aliphatic carbocycles. The van der Waals surface area contributed by atoms with Crippen molar-refractivity contribution in [1.29, 1.82) is 0 Å². The van der Waals surface area contributed by atoms with E-state index in [-0.39, 0.29) is 5.56 Å². The van der Waals surface area contributed by atoms with Crippen molar-refractivity contribution >= 4 is 33.3 Å². The lowest BCUT2D eigenvalue weighted by atomic mass is 10.2. The van der Waals surface area contributed by atoms with E-state index in [0.717, 1.165) is 11.3 Å². The second-order valence-electron chi connectivity index (χ2n) is 5.26. The monoisotopic (exact) mass is 386 g/mol. The highest BCUT2D eigenvalue weighted by atomic mass is 32.2. The number of aromatic nitrogens is 4. The Kier molecular flexibility index (Phi) is 4.72. The Bertz CT molecular complexity index is 1090. The molecule has 1 aromatic carbocycles. The van der Waals surface area contributed by atoms with Gasteiger partial charge in [-0.25, -0.2) is 4.98 Å². The minimum atomic E-state index is -0.131. The maximum absolute atomic E-state index is 12.0. The second-order valence-corrected chi connectivity index (χ2v) is 7.14. The van der Waals surface area contributed by atoms with Crippen LogP contribution in [0.4, 0.5) is 0 Å². The van der Waals surface area contributed by atoms with Crippen LogP contribution >= 0.6 is 23.1 Å². The van der Waals surface area contributed by atoms with E-state index in [1.54, 1.807) is 0 Å². The van der Waals surface area contributed by atoms with Gasteiger partial charge in [0.15, 0.2) is 5.16 Å². The Hall–Kier alpha value is -2.65. The number of H-pyrrole nitrogens is 1. The minimum absolute atomic E-state index is 0.131. The van der Waals surface area contributed by atoms with Crippen LogP contribution in [-0.2, 0) is 5.75 Å². The van der Waals surface area contributed by atoms with Crippen LogP contribution in [0.25, 0.3) is 21.6 Å². The molecule has 0 radical (unpaired) electrons. The molecular weight excluding hydrogens is 372 g/mol. The van der Waals surface area contributed by atoms with Crippen LogP contribution in [0, 0.1) is 0 Å². The Balaban J connectivity index is 1.46. The molecule has 0 unspecified atom stereocenters. The molecule has 132 valence electrons. The number of benzene rings is 1. The van der Waals surface area contributed by atoms with E-state index in [4.69, 9.17) is 9.26 Å². The fourth-order valence-corrected chi connectivity index (χ4v) is 3.78. The first-order chi connectivity index (χ1) is 12.7. The lowest BCUT2D eigenvalue weighted by Gasteiger charge is -2.02. The summed E-state index contributed by atoms with van der Waals surface area (Å²) in [5.74, 6) is 2.20. The van der Waals surface area contributed by atoms with Gasteiger partial charge in [0.1, 0.15) is 10.4 Å². The molecule has 0 fully saturated rings. The van der Waals surface area contributed by atoms with Gasteiger partial charge < -0.3 is 14.2 Å². The van der Waals surface area contributed by atoms with Gasteiger partial charge in [-0.05, 0) is 42.6 Å². The molecule has 3 aromatic heterocycles. The van der Waals surface area contributed by atoms with Gasteiger partial charge in [-0.2, -0.15) is 4.98 Å². The number of fused-ring (bicyclic) bond motifs is 1. The molecule has 3 heterocycles. The summed E-state index contributed by atoms with van der Waals surface area (Å²) in [6, 6.07) is 9.34. The van der Waals surface area contributed by atoms with E-state index in [0.29, 0.717) is 39.4 Å². The van der Waals surface area contributed by atoms with Gasteiger partial charge in [-0.15, -0.1) is 11.3 Å². The molecule has 0 bridgehead atoms. The molecule has 1 N–H and O–H groups in total. The summed E-state index contributed by atoms with van der Waals surface area (Å²) < 4.78 is 11.3. The fraction of sp³-hybridized carbons (Fsp3) is 0.176. The summed E-state index contributed by atoms with van der Waals surface area (Å²) in [6.45, 7) is 2.56. The average Bonchev–Trinajstić information content (AvgIpc) is 3.30. The number of thiophene rings is 1. The molecule has 26 heavy (non-hydrogen) atoms. The molecular formula is C17H14N4O3S2. The van der Waals surface area contributed by atoms with E-state index in [1.165, 1.54) is 23.1 Å². The number of hydrogen-bond acceptors (Lipinski definition) is 8. The summed E-state index contributed by atoms with van der Waals surface area (Å²) in [6.07, 6.45) is 0. The normalized spacial score (nSPS) is 11.1. The largest absolute Gasteiger partial charge is 0.494 e. The number of nitrogens with one attached hydrogen (secondary N) is 1. The third-order valence-electron chi connectivity index (χ3n) is 3.52. The van der Waals surface area contributed by atoms with Crippen LogP contribution in [-0.4, -0.2) is 26.7 Å². The molecule has 0 aliphatic rings. The molecule has 0 saturated heterocycles. The first kappa shape index (κ1) is 16.8. The zero-order valence-corrected chi connectivity index (χ0v) is 15.4. The molecule has 0 saturated carbocycles. The van der Waals surface area contributed by atoms with Crippen LogP contribution in [0.1, 0.15) is 12.8 Å². The predicted octanol–water partition coefficient (Wildman–Crippen LogP) is 3.73. The maximum Gasteiger partial charge on any atom is 0.269 e. The molecule has 0 spiro atoms. The van der Waals surface area contributed by atoms with Crippen molar-refractivity contribution in [2.45, 2.75) is 17.8 Å². The number of aromatic amines is 1. The Morgan fingerprint density at radius 1 is 1.23 bits per heavy atom. The zero-order chi connectivity index (χ0) is 17.9. The Morgan fingerprint density at radius 2 is 2.08 bits per heavy atom. The molecule has 0 amide bonds. The number of ether oxygens (including phenoxy) is 1. The topological polar surface area (TPSA) is 93.9 Å². The van der Waals surface area contributed by atoms with Crippen LogP contribution in [0.3, 0.4) is 0 Å². The summed E-state index contributed by atoms with van der Waals surface area (Å²) in [5.41, 5.74) is 1.41. The predicted molar refractivity (Wildman–Crippen MR) is 101 cm³/mol. The van der Waals surface area contributed by atoms with Crippen molar-refractivity contribution in [2.75, 3.05) is 6.61 Å². The lowest BCUT2D eigenvalue weighted by molar-refractivity contribution is 0.340. The minimum Gasteiger partial charge on any atom is -0.494 e. The number of rotatable bonds is 6. The molecule has 7 nitrogen and oxygen atoms in total. The third kappa shape index (κ3) is 3.49. The van der Waals surface area contributed by atoms with Gasteiger partial charge in [0.05, 0.1) is 17.9 Å². The van der Waals surface area contributed by atoms with E-state index >= 15 is 0 Å². The molecule has 4 rings (SSSR count). The van der Waals surface area contributed by atoms with Crippen molar-refractivity contribution in [3.05, 3.63) is 52.0 Å². The average molecular weight is 386 g/mol. The van der Waals surface area contributed by atoms with Gasteiger partial charge in [0.2, 0.25) is 11.7 Å². The molecule has 0 atom stereocenters. The maximum atomic E-state index is 12.0. The van der Waals surface area contributed by atoms with E-state index in [1.807, 2.05) is 42.6 Å². The summed E-state index contributed by atoms with van der Waals surface area (Å²) in [4.78, 5) is 23.5. The van der Waals surface area contributed by atoms with Gasteiger partial charge in [0, 0.05) is 5.56 Å². The van der Waals surface area contributed by atoms with Crippen molar-refractivity contribution < 1.29 is 9.26 Å². The summed E-state index contributed by atoms with van der Waals surface area (Å²) >= 11 is 2.72. The standard InChI is InChI=1S/C17H14N4O3S2/c1-2-23-11-5-3-10(4-6-11)15-19-13(24-21-15)9-26-17-18-12-7-8-25-14(12)16(22)20-17/h3-8H,2,9H2,1H3,(H,18,20,22). The highest BCUT2D eigenvalue weighted by molar-refractivity contribution is 7.98. The van der Waals surface area contributed by atoms with Crippen LogP contribution in [0.2, 0.25) is 0 Å². The third-order valence-corrected chi connectivity index (χ3v) is 5.28. The molecule has 0 aliphatic heterocycles. The van der Waals surface area contributed by atoms with Crippen LogP contribution in [0.5, 0.6) is 5.75 Å². The van der Waals surface area contributed by atoms with Gasteiger partial charge in [-0.3, -0.25) is 4.79 Å². The van der Waals surface area contributed by atoms with E-state index in [9.17, 15) is 4.79 Å². The number of thioether (sulfide) groups is 1. The van der Waals surface area contributed by atoms with Crippen LogP contribution < -0.4 is 10.3 Å². The molecule has 9 heteroatoms. The van der Waals surface area contributed by atoms with Gasteiger partial charge in [0.25, 0.3) is 5.56 Å². The lowest BCUT2D eigenvalue weighted by Crippen LogP contribution is -2.07. The fourth-order valence-electron chi connectivity index (χ4n) is 2.35. The Labute approximate surface area is 156 Å². The Morgan fingerprint density at radius 3 is 2.88 bits per heavy atom. The SMILES string of the molecule is CCOc1ccc(-c2noc(CSc3nc4ccsc4c(=O)[nH]3)n2)cc1. The highest BCUT2D eigenvalue weighted by Gasteiger charge is 2.11. The smallest absolute Gasteiger partial charge is 0.269 e. The highest BCUT2D eigenvalue weighted by Crippen LogP contribution is 2.24. The zero-order valence-electron chi connectivity index (χ0n) is 13.8. The van der Waals surface area contributed by atoms with E-state index < -0.39 is 0 Å². The second kappa shape index (κ2) is 7.30. The summed E-state index contributed by atoms with van der Waals surface area (Å²) in [7, 11) is 0. The van der Waals surface area contributed by atoms with Crippen molar-refractivity contribution in [1.82, 2.24) is 20.1 Å². The quantitative estimate of drug-likeness (QED) is 0.398. The van der Waals surface area contributed by atoms with Crippen LogP contribution in [0.15, 0.2) is 50.2 Å². The van der Waals surface area contributed by atoms with Gasteiger partial charge in [-0.1, -0.05) is 16.9 Å². The van der Waals surface area contributed by atoms with E-state index in [2.05, 4.69) is 20.1 Å². The first-order valence-corrected chi connectivity index (χ1v) is 9.75. The van der Waals surface area contributed by atoms with Crippen molar-refractivity contribution in [3.63, 3.8) is 0 Å². The van der Waals surface area contributed by atoms with Crippen molar-refractivity contribution in [3.8, 4) is 17.1 Å². The number of nitrogens with zero attached hydrogens (tertiary/aromatic N) is 3. The first-order valence-electron chi connectivity index (χ1n) is 7.89. The van der Waals surface area contributed by atoms with Gasteiger partial charge >= 0.3 is 0 Å².